The van der Waals surface area contributed by atoms with Crippen molar-refractivity contribution >= 4 is 18.5 Å². The highest BCUT2D eigenvalue weighted by atomic mass is 19.4. The Morgan fingerprint density at radius 1 is 0.759 bits per heavy atom. The highest BCUT2D eigenvalue weighted by Gasteiger charge is 2.47. The van der Waals surface area contributed by atoms with Crippen molar-refractivity contribution in [2.24, 2.45) is 0 Å². The van der Waals surface area contributed by atoms with Crippen LogP contribution in [0.3, 0.4) is 0 Å². The second-order valence-corrected chi connectivity index (χ2v) is 6.03. The number of rotatable bonds is 2. The number of hydrogen-bond donors (Lipinski definition) is 1. The Morgan fingerprint density at radius 2 is 1.24 bits per heavy atom. The Morgan fingerprint density at radius 3 is 1.76 bits per heavy atom. The maximum Gasteiger partial charge on any atom is 0.827 e. The van der Waals surface area contributed by atoms with Gasteiger partial charge in [0.2, 0.25) is 11.5 Å². The molecule has 2 nitrogen and oxygen atoms in total. The third kappa shape index (κ3) is 4.41. The van der Waals surface area contributed by atoms with Crippen molar-refractivity contribution in [2.75, 3.05) is 0 Å². The average Bonchev–Trinajstić information content (AvgIpc) is 2.62. The largest absolute Gasteiger partial charge is 0.827 e. The van der Waals surface area contributed by atoms with Crippen LogP contribution in [0.4, 0.5) is 39.4 Å². The summed E-state index contributed by atoms with van der Waals surface area (Å²) in [6.45, 7) is 0. The number of halogens is 9. The molecule has 0 unspecified atom stereocenters. The third-order valence-electron chi connectivity index (χ3n) is 3.93. The van der Waals surface area contributed by atoms with Crippen LogP contribution < -0.4 is 4.90 Å². The van der Waals surface area contributed by atoms with E-state index in [2.05, 4.69) is 4.65 Å². The summed E-state index contributed by atoms with van der Waals surface area (Å²) in [5, 5.41) is 0. The van der Waals surface area contributed by atoms with Crippen LogP contribution in [0.25, 0.3) is 5.76 Å². The lowest BCUT2D eigenvalue weighted by Crippen LogP contribution is -2.90. The summed E-state index contributed by atoms with van der Waals surface area (Å²) in [4.78, 5) is 1.38. The molecular formula is C17H9BF9NO. The van der Waals surface area contributed by atoms with Gasteiger partial charge in [-0.1, -0.05) is 18.2 Å². The second-order valence-electron chi connectivity index (χ2n) is 6.03. The quantitative estimate of drug-likeness (QED) is 0.562. The molecule has 0 atom stereocenters. The molecule has 154 valence electrons. The van der Waals surface area contributed by atoms with Gasteiger partial charge in [-0.15, -0.1) is 0 Å². The summed E-state index contributed by atoms with van der Waals surface area (Å²) in [5.41, 5.74) is -4.72. The molecular weight excluding hydrogens is 416 g/mol. The van der Waals surface area contributed by atoms with Crippen molar-refractivity contribution in [3.8, 4) is 0 Å². The molecule has 1 aliphatic rings. The smallest absolute Gasteiger partial charge is 0.597 e. The van der Waals surface area contributed by atoms with Crippen LogP contribution in [-0.4, -0.2) is 12.7 Å². The summed E-state index contributed by atoms with van der Waals surface area (Å²) >= 11 is 0. The van der Waals surface area contributed by atoms with E-state index >= 15 is 0 Å². The van der Waals surface area contributed by atoms with E-state index in [1.165, 1.54) is 4.90 Å². The summed E-state index contributed by atoms with van der Waals surface area (Å²) in [6.07, 6.45) is -9.65. The van der Waals surface area contributed by atoms with Gasteiger partial charge < -0.3 is 18.2 Å². The summed E-state index contributed by atoms with van der Waals surface area (Å²) in [6, 6.07) is 5.72. The van der Waals surface area contributed by atoms with E-state index in [1.54, 1.807) is 0 Å². The van der Waals surface area contributed by atoms with E-state index in [0.717, 1.165) is 24.3 Å². The van der Waals surface area contributed by atoms with E-state index in [-0.39, 0.29) is 0 Å². The van der Waals surface area contributed by atoms with Gasteiger partial charge in [0, 0.05) is 11.1 Å². The fourth-order valence-corrected chi connectivity index (χ4v) is 2.67. The molecule has 0 aliphatic carbocycles. The molecule has 2 aromatic rings. The van der Waals surface area contributed by atoms with E-state index in [9.17, 15) is 39.4 Å². The molecule has 1 N–H and O–H groups in total. The number of benzene rings is 2. The van der Waals surface area contributed by atoms with E-state index < -0.39 is 58.9 Å². The highest BCUT2D eigenvalue weighted by molar-refractivity contribution is 6.52. The minimum atomic E-state index is -5.01. The number of hydrogen-bond acceptors (Lipinski definition) is 1. The SMILES string of the molecule is FC1=C(c2cccc(C(F)(F)F)c2)O[B-](F)(F)[NH+]=C1c1cccc(C(F)(F)F)c1. The maximum absolute atomic E-state index is 14.9. The Balaban J connectivity index is 2.15. The zero-order chi connectivity index (χ0) is 21.6. The second kappa shape index (κ2) is 6.85. The summed E-state index contributed by atoms with van der Waals surface area (Å²) < 4.78 is 124. The zero-order valence-corrected chi connectivity index (χ0v) is 14.0. The van der Waals surface area contributed by atoms with Gasteiger partial charge >= 0.3 is 19.4 Å². The molecule has 0 saturated heterocycles. The first-order valence-electron chi connectivity index (χ1n) is 7.88. The first kappa shape index (κ1) is 20.8. The lowest BCUT2D eigenvalue weighted by Gasteiger charge is -2.25. The Kier molecular flexibility index (Phi) is 4.92. The average molecular weight is 425 g/mol. The zero-order valence-electron chi connectivity index (χ0n) is 14.0. The molecule has 1 aliphatic heterocycles. The van der Waals surface area contributed by atoms with Crippen LogP contribution in [0, 0.1) is 0 Å². The minimum Gasteiger partial charge on any atom is -0.597 e. The molecule has 0 radical (unpaired) electrons. The number of alkyl halides is 6. The molecule has 29 heavy (non-hydrogen) atoms. The van der Waals surface area contributed by atoms with Gasteiger partial charge in [-0.05, 0) is 30.3 Å². The van der Waals surface area contributed by atoms with Crippen LogP contribution in [0.5, 0.6) is 0 Å². The van der Waals surface area contributed by atoms with E-state index in [0.29, 0.717) is 24.3 Å². The first-order valence-corrected chi connectivity index (χ1v) is 7.88. The van der Waals surface area contributed by atoms with Gasteiger partial charge in [-0.3, -0.25) is 0 Å². The normalized spacial score (nSPS) is 17.1. The van der Waals surface area contributed by atoms with Crippen LogP contribution in [0.1, 0.15) is 22.3 Å². The van der Waals surface area contributed by atoms with Gasteiger partial charge in [0.05, 0.1) is 11.1 Å². The number of nitrogens with one attached hydrogen (secondary N) is 1. The van der Waals surface area contributed by atoms with Crippen molar-refractivity contribution in [1.29, 1.82) is 0 Å². The van der Waals surface area contributed by atoms with Gasteiger partial charge in [0.15, 0.2) is 0 Å². The fraction of sp³-hybridized carbons (Fsp3) is 0.118. The third-order valence-corrected chi connectivity index (χ3v) is 3.93. The van der Waals surface area contributed by atoms with Crippen LogP contribution in [-0.2, 0) is 17.0 Å². The topological polar surface area (TPSA) is 23.2 Å². The van der Waals surface area contributed by atoms with Crippen molar-refractivity contribution in [3.63, 3.8) is 0 Å². The highest BCUT2D eigenvalue weighted by Crippen LogP contribution is 2.35. The molecule has 3 rings (SSSR count). The maximum atomic E-state index is 14.9. The van der Waals surface area contributed by atoms with Gasteiger partial charge in [0.25, 0.3) is 0 Å². The van der Waals surface area contributed by atoms with Crippen molar-refractivity contribution < 1.29 is 48.9 Å². The van der Waals surface area contributed by atoms with Crippen LogP contribution in [0.2, 0.25) is 0 Å². The van der Waals surface area contributed by atoms with E-state index in [1.807, 2.05) is 0 Å². The molecule has 12 heteroatoms. The van der Waals surface area contributed by atoms with Crippen molar-refractivity contribution in [1.82, 2.24) is 0 Å². The monoisotopic (exact) mass is 425 g/mol. The van der Waals surface area contributed by atoms with Crippen molar-refractivity contribution in [3.05, 3.63) is 76.6 Å². The Bertz CT molecular complexity index is 1010. The molecule has 0 spiro atoms. The molecule has 1 heterocycles. The van der Waals surface area contributed by atoms with Gasteiger partial charge in [-0.2, -0.15) is 30.7 Å². The van der Waals surface area contributed by atoms with E-state index in [4.69, 9.17) is 0 Å². The molecule has 0 saturated carbocycles. The summed E-state index contributed by atoms with van der Waals surface area (Å²) in [7, 11) is -5.01. The van der Waals surface area contributed by atoms with Crippen molar-refractivity contribution in [2.45, 2.75) is 12.4 Å². The summed E-state index contributed by atoms with van der Waals surface area (Å²) in [5.74, 6) is -2.77. The predicted octanol–water partition coefficient (Wildman–Crippen LogP) is 4.34. The molecule has 0 aromatic heterocycles. The molecule has 2 aromatic carbocycles. The first-order chi connectivity index (χ1) is 13.3. The lowest BCUT2D eigenvalue weighted by molar-refractivity contribution is -0.362. The fourth-order valence-electron chi connectivity index (χ4n) is 2.67. The standard InChI is InChI=1S/C17H9BF9NO/c19-13-14(9-3-1-5-11(7-9)16(20,21)22)28-18(26,27)29-15(13)10-4-2-6-12(8-10)17(23,24)25/h1-8,28H. The molecule has 0 fully saturated rings. The van der Waals surface area contributed by atoms with Crippen LogP contribution >= 0.6 is 0 Å². The molecule has 0 bridgehead atoms. The Labute approximate surface area is 157 Å². The van der Waals surface area contributed by atoms with Gasteiger partial charge in [0.1, 0.15) is 5.76 Å². The van der Waals surface area contributed by atoms with Gasteiger partial charge in [-0.25, -0.2) is 0 Å². The minimum absolute atomic E-state index is 0.399. The molecule has 0 amide bonds. The number of allylic oxidation sites excluding steroid dienone is 1. The Hall–Kier alpha value is -2.92. The lowest BCUT2D eigenvalue weighted by atomic mass is 9.96. The predicted molar refractivity (Wildman–Crippen MR) is 85.0 cm³/mol. The van der Waals surface area contributed by atoms with Crippen LogP contribution in [0.15, 0.2) is 54.4 Å².